The number of nitrogens with one attached hydrogen (secondary N) is 1. The highest BCUT2D eigenvalue weighted by atomic mass is 35.5. The van der Waals surface area contributed by atoms with E-state index in [0.29, 0.717) is 33.6 Å². The number of carbonyl (C=O) groups excluding carboxylic acids is 2. The van der Waals surface area contributed by atoms with E-state index in [9.17, 15) is 9.59 Å². The standard InChI is InChI=1S/C19H18ClN3O4S2/c1-26-17-16(12-6-7-21-9-13(12)24)22-23(18(25)14-3-2-8-28-14)19(17)27-10-11-4-5-15(20)29-11/h2-5,8,12,21H,6-7,9-10H2,1H3. The fourth-order valence-corrected chi connectivity index (χ4v) is 4.84. The molecule has 0 aliphatic carbocycles. The van der Waals surface area contributed by atoms with Crippen molar-refractivity contribution in [1.29, 1.82) is 0 Å². The highest BCUT2D eigenvalue weighted by Gasteiger charge is 2.34. The van der Waals surface area contributed by atoms with Crippen molar-refractivity contribution in [3.05, 3.63) is 49.4 Å². The summed E-state index contributed by atoms with van der Waals surface area (Å²) in [4.78, 5) is 26.9. The summed E-state index contributed by atoms with van der Waals surface area (Å²) in [6.45, 7) is 1.16. The van der Waals surface area contributed by atoms with Crippen molar-refractivity contribution in [3.63, 3.8) is 0 Å². The first kappa shape index (κ1) is 20.1. The monoisotopic (exact) mass is 451 g/mol. The number of ketones is 1. The normalized spacial score (nSPS) is 16.8. The topological polar surface area (TPSA) is 82.5 Å². The van der Waals surface area contributed by atoms with Crippen LogP contribution in [0.15, 0.2) is 29.6 Å². The van der Waals surface area contributed by atoms with Gasteiger partial charge in [-0.05, 0) is 36.5 Å². The van der Waals surface area contributed by atoms with Gasteiger partial charge in [0.05, 0.1) is 28.8 Å². The maximum atomic E-state index is 13.0. The molecule has 3 aromatic rings. The Hall–Kier alpha value is -2.20. The number of hydrogen-bond acceptors (Lipinski definition) is 8. The Kier molecular flexibility index (Phi) is 6.00. The van der Waals surface area contributed by atoms with Crippen LogP contribution in [0.4, 0.5) is 0 Å². The molecule has 1 saturated heterocycles. The highest BCUT2D eigenvalue weighted by molar-refractivity contribution is 7.16. The Morgan fingerprint density at radius 1 is 1.41 bits per heavy atom. The first-order valence-electron chi connectivity index (χ1n) is 8.94. The van der Waals surface area contributed by atoms with Gasteiger partial charge in [0.25, 0.3) is 11.8 Å². The average molecular weight is 452 g/mol. The van der Waals surface area contributed by atoms with Gasteiger partial charge < -0.3 is 14.8 Å². The molecule has 1 aliphatic rings. The molecule has 7 nitrogen and oxygen atoms in total. The van der Waals surface area contributed by atoms with Crippen molar-refractivity contribution in [1.82, 2.24) is 15.1 Å². The van der Waals surface area contributed by atoms with Crippen molar-refractivity contribution in [3.8, 4) is 11.6 Å². The Morgan fingerprint density at radius 2 is 2.28 bits per heavy atom. The molecule has 1 unspecified atom stereocenters. The molecule has 1 atom stereocenters. The minimum atomic E-state index is -0.442. The van der Waals surface area contributed by atoms with Crippen LogP contribution in [-0.2, 0) is 11.4 Å². The van der Waals surface area contributed by atoms with Crippen LogP contribution >= 0.6 is 34.3 Å². The molecule has 3 aromatic heterocycles. The smallest absolute Gasteiger partial charge is 0.291 e. The van der Waals surface area contributed by atoms with Gasteiger partial charge >= 0.3 is 0 Å². The van der Waals surface area contributed by atoms with Crippen LogP contribution in [0, 0.1) is 0 Å². The van der Waals surface area contributed by atoms with E-state index in [-0.39, 0.29) is 30.7 Å². The first-order chi connectivity index (χ1) is 14.1. The van der Waals surface area contributed by atoms with Gasteiger partial charge in [0, 0.05) is 4.88 Å². The van der Waals surface area contributed by atoms with E-state index in [2.05, 4.69) is 10.4 Å². The maximum absolute atomic E-state index is 13.0. The molecular weight excluding hydrogens is 434 g/mol. The lowest BCUT2D eigenvalue weighted by Crippen LogP contribution is -2.36. The van der Waals surface area contributed by atoms with Crippen molar-refractivity contribution < 1.29 is 19.1 Å². The van der Waals surface area contributed by atoms with E-state index in [1.165, 1.54) is 34.5 Å². The third-order valence-electron chi connectivity index (χ3n) is 4.56. The number of methoxy groups -OCH3 is 1. The number of Topliss-reactive ketones (excluding diaryl/α,β-unsaturated/α-hetero) is 1. The lowest BCUT2D eigenvalue weighted by Gasteiger charge is -2.20. The molecule has 0 spiro atoms. The predicted molar refractivity (Wildman–Crippen MR) is 112 cm³/mol. The molecule has 4 rings (SSSR count). The van der Waals surface area contributed by atoms with Gasteiger partial charge in [0.15, 0.2) is 5.78 Å². The number of carbonyl (C=O) groups is 2. The Labute approximate surface area is 180 Å². The van der Waals surface area contributed by atoms with Gasteiger partial charge in [0.1, 0.15) is 12.3 Å². The number of nitrogens with zero attached hydrogens (tertiary/aromatic N) is 2. The molecule has 4 heterocycles. The zero-order valence-electron chi connectivity index (χ0n) is 15.5. The molecule has 0 amide bonds. The van der Waals surface area contributed by atoms with E-state index >= 15 is 0 Å². The van der Waals surface area contributed by atoms with Crippen LogP contribution in [0.5, 0.6) is 11.6 Å². The van der Waals surface area contributed by atoms with Crippen molar-refractivity contribution in [2.24, 2.45) is 0 Å². The van der Waals surface area contributed by atoms with Crippen LogP contribution in [0.3, 0.4) is 0 Å². The summed E-state index contributed by atoms with van der Waals surface area (Å²) in [5.41, 5.74) is 0.433. The number of ether oxygens (including phenoxy) is 2. The van der Waals surface area contributed by atoms with Gasteiger partial charge in [-0.15, -0.1) is 22.7 Å². The summed E-state index contributed by atoms with van der Waals surface area (Å²) in [5.74, 6) is -0.249. The van der Waals surface area contributed by atoms with Crippen LogP contribution < -0.4 is 14.8 Å². The van der Waals surface area contributed by atoms with Crippen molar-refractivity contribution in [2.45, 2.75) is 18.9 Å². The van der Waals surface area contributed by atoms with Crippen molar-refractivity contribution >= 4 is 46.0 Å². The maximum Gasteiger partial charge on any atom is 0.291 e. The van der Waals surface area contributed by atoms with Crippen LogP contribution in [-0.4, -0.2) is 41.7 Å². The SMILES string of the molecule is COc1c(C2CCNCC2=O)nn(C(=O)c2cccs2)c1OCc1ccc(Cl)s1. The Bertz CT molecular complexity index is 1030. The molecule has 0 bridgehead atoms. The van der Waals surface area contributed by atoms with E-state index in [1.54, 1.807) is 18.2 Å². The summed E-state index contributed by atoms with van der Waals surface area (Å²) in [5, 5.41) is 9.35. The minimum absolute atomic E-state index is 0.0133. The fraction of sp³-hybridized carbons (Fsp3) is 0.316. The second-order valence-corrected chi connectivity index (χ2v) is 9.14. The summed E-state index contributed by atoms with van der Waals surface area (Å²) in [6.07, 6.45) is 0.583. The molecule has 1 N–H and O–H groups in total. The zero-order chi connectivity index (χ0) is 20.4. The fourth-order valence-electron chi connectivity index (χ4n) is 3.19. The number of rotatable bonds is 6. The number of piperidine rings is 1. The lowest BCUT2D eigenvalue weighted by molar-refractivity contribution is -0.120. The minimum Gasteiger partial charge on any atom is -0.490 e. The summed E-state index contributed by atoms with van der Waals surface area (Å²) in [7, 11) is 1.49. The van der Waals surface area contributed by atoms with Crippen molar-refractivity contribution in [2.75, 3.05) is 20.2 Å². The van der Waals surface area contributed by atoms with Gasteiger partial charge in [-0.25, -0.2) is 0 Å². The van der Waals surface area contributed by atoms with E-state index in [4.69, 9.17) is 21.1 Å². The number of thiophene rings is 2. The Morgan fingerprint density at radius 3 is 2.93 bits per heavy atom. The summed E-state index contributed by atoms with van der Waals surface area (Å²) >= 11 is 8.70. The quantitative estimate of drug-likeness (QED) is 0.616. The molecule has 10 heteroatoms. The number of hydrogen-bond donors (Lipinski definition) is 1. The number of aromatic nitrogens is 2. The van der Waals surface area contributed by atoms with Gasteiger partial charge in [-0.2, -0.15) is 9.78 Å². The second kappa shape index (κ2) is 8.66. The zero-order valence-corrected chi connectivity index (χ0v) is 17.9. The van der Waals surface area contributed by atoms with Gasteiger partial charge in [-0.3, -0.25) is 9.59 Å². The molecule has 0 radical (unpaired) electrons. The van der Waals surface area contributed by atoms with Crippen LogP contribution in [0.25, 0.3) is 0 Å². The largest absolute Gasteiger partial charge is 0.490 e. The first-order valence-corrected chi connectivity index (χ1v) is 11.0. The van der Waals surface area contributed by atoms with E-state index < -0.39 is 5.92 Å². The van der Waals surface area contributed by atoms with E-state index in [1.807, 2.05) is 11.4 Å². The summed E-state index contributed by atoms with van der Waals surface area (Å²) in [6, 6.07) is 7.16. The third kappa shape index (κ3) is 4.09. The predicted octanol–water partition coefficient (Wildman–Crippen LogP) is 3.58. The third-order valence-corrected chi connectivity index (χ3v) is 6.63. The molecule has 29 heavy (non-hydrogen) atoms. The Balaban J connectivity index is 1.74. The molecule has 152 valence electrons. The number of halogens is 1. The van der Waals surface area contributed by atoms with Crippen LogP contribution in [0.2, 0.25) is 4.34 Å². The molecule has 0 aromatic carbocycles. The lowest BCUT2D eigenvalue weighted by atomic mass is 9.93. The molecule has 1 fully saturated rings. The highest BCUT2D eigenvalue weighted by Crippen LogP contribution is 2.39. The van der Waals surface area contributed by atoms with E-state index in [0.717, 1.165) is 4.88 Å². The van der Waals surface area contributed by atoms with Gasteiger partial charge in [-0.1, -0.05) is 17.7 Å². The van der Waals surface area contributed by atoms with Gasteiger partial charge in [0.2, 0.25) is 5.75 Å². The summed E-state index contributed by atoms with van der Waals surface area (Å²) < 4.78 is 13.4. The van der Waals surface area contributed by atoms with Crippen LogP contribution in [0.1, 0.15) is 32.6 Å². The molecule has 1 aliphatic heterocycles. The average Bonchev–Trinajstić information content (AvgIpc) is 3.46. The molecule has 0 saturated carbocycles. The molecular formula is C19H18ClN3O4S2. The second-order valence-electron chi connectivity index (χ2n) is 6.40.